The van der Waals surface area contributed by atoms with E-state index in [-0.39, 0.29) is 5.91 Å². The number of nitrogens with one attached hydrogen (secondary N) is 2. The number of rotatable bonds is 6. The third kappa shape index (κ3) is 6.22. The fourth-order valence-corrected chi connectivity index (χ4v) is 5.42. The fourth-order valence-electron chi connectivity index (χ4n) is 3.89. The van der Waals surface area contributed by atoms with Gasteiger partial charge < -0.3 is 25.2 Å². The van der Waals surface area contributed by atoms with E-state index in [1.165, 1.54) is 11.3 Å². The molecule has 10 heteroatoms. The predicted molar refractivity (Wildman–Crippen MR) is 149 cm³/mol. The Morgan fingerprint density at radius 1 is 1.14 bits per heavy atom. The lowest BCUT2D eigenvalue weighted by atomic mass is 9.98. The second kappa shape index (κ2) is 11.2. The van der Waals surface area contributed by atoms with Gasteiger partial charge in [-0.25, -0.2) is 4.98 Å². The topological polar surface area (TPSA) is 69.7 Å². The van der Waals surface area contributed by atoms with Gasteiger partial charge in [-0.1, -0.05) is 11.6 Å². The van der Waals surface area contributed by atoms with Gasteiger partial charge in [0.25, 0.3) is 5.91 Å². The molecule has 2 aromatic carbocycles. The maximum absolute atomic E-state index is 12.7. The summed E-state index contributed by atoms with van der Waals surface area (Å²) in [5, 5.41) is 10.2. The second-order valence-corrected chi connectivity index (χ2v) is 10.2. The van der Waals surface area contributed by atoms with Gasteiger partial charge >= 0.3 is 0 Å². The number of piperidine rings is 1. The molecule has 1 amide bonds. The molecule has 1 aliphatic heterocycles. The molecule has 1 aromatic heterocycles. The fraction of sp³-hybridized carbons (Fsp3) is 0.320. The Labute approximate surface area is 220 Å². The van der Waals surface area contributed by atoms with E-state index in [0.717, 1.165) is 47.4 Å². The maximum atomic E-state index is 12.7. The van der Waals surface area contributed by atoms with Gasteiger partial charge in [0.15, 0.2) is 5.11 Å². The number of amides is 1. The highest BCUT2D eigenvalue weighted by atomic mass is 35.5. The molecule has 3 aromatic rings. The van der Waals surface area contributed by atoms with E-state index in [9.17, 15) is 4.79 Å². The summed E-state index contributed by atoms with van der Waals surface area (Å²) in [6, 6.07) is 13.3. The molecule has 1 fully saturated rings. The first kappa shape index (κ1) is 25.2. The lowest BCUT2D eigenvalue weighted by molar-refractivity contribution is 0.102. The third-order valence-corrected chi connectivity index (χ3v) is 7.59. The normalized spacial score (nSPS) is 13.9. The molecule has 0 unspecified atom stereocenters. The Balaban J connectivity index is 1.29. The summed E-state index contributed by atoms with van der Waals surface area (Å²) in [6.45, 7) is 1.69. The largest absolute Gasteiger partial charge is 0.495 e. The number of hydrogen-bond donors (Lipinski definition) is 2. The smallest absolute Gasteiger partial charge is 0.275 e. The minimum absolute atomic E-state index is 0.253. The molecule has 0 bridgehead atoms. The van der Waals surface area contributed by atoms with E-state index in [4.69, 9.17) is 28.6 Å². The molecule has 2 heterocycles. The number of nitrogens with zero attached hydrogens (tertiary/aromatic N) is 3. The van der Waals surface area contributed by atoms with Gasteiger partial charge in [0.05, 0.1) is 17.1 Å². The average molecular weight is 530 g/mol. The zero-order chi connectivity index (χ0) is 24.9. The monoisotopic (exact) mass is 529 g/mol. The van der Waals surface area contributed by atoms with Crippen LogP contribution in [0.15, 0.2) is 47.8 Å². The van der Waals surface area contributed by atoms with Crippen molar-refractivity contribution in [3.05, 3.63) is 63.6 Å². The van der Waals surface area contributed by atoms with Crippen LogP contribution in [0.4, 0.5) is 17.1 Å². The Morgan fingerprint density at radius 3 is 2.46 bits per heavy atom. The van der Waals surface area contributed by atoms with E-state index in [1.54, 1.807) is 25.3 Å². The number of aromatic nitrogens is 1. The van der Waals surface area contributed by atoms with Gasteiger partial charge in [0, 0.05) is 55.5 Å². The Kier molecular flexibility index (Phi) is 8.10. The van der Waals surface area contributed by atoms with Crippen LogP contribution in [0.2, 0.25) is 5.02 Å². The Bertz CT molecular complexity index is 1190. The Morgan fingerprint density at radius 2 is 1.83 bits per heavy atom. The molecule has 184 valence electrons. The highest BCUT2D eigenvalue weighted by molar-refractivity contribution is 7.80. The number of thiazole rings is 1. The van der Waals surface area contributed by atoms with Crippen molar-refractivity contribution in [2.75, 3.05) is 49.8 Å². The number of likely N-dealkylation sites (tertiary alicyclic amines) is 1. The number of methoxy groups -OCH3 is 1. The van der Waals surface area contributed by atoms with Crippen molar-refractivity contribution >= 4 is 63.2 Å². The molecule has 0 radical (unpaired) electrons. The first-order chi connectivity index (χ1) is 16.8. The molecule has 0 saturated carbocycles. The molecule has 0 aliphatic carbocycles. The SMILES string of the molecule is COc1ccc(NC(=O)c2csc(C3CCN(C(=S)Nc4ccc(N(C)C)cc4)CC3)n2)cc1Cl. The van der Waals surface area contributed by atoms with Crippen LogP contribution in [-0.2, 0) is 0 Å². The number of anilines is 3. The van der Waals surface area contributed by atoms with Crippen LogP contribution in [0.1, 0.15) is 34.3 Å². The Hall–Kier alpha value is -2.88. The number of ether oxygens (including phenoxy) is 1. The molecule has 1 saturated heterocycles. The minimum atomic E-state index is -0.253. The van der Waals surface area contributed by atoms with E-state index >= 15 is 0 Å². The van der Waals surface area contributed by atoms with Crippen molar-refractivity contribution in [3.63, 3.8) is 0 Å². The molecule has 4 rings (SSSR count). The first-order valence-electron chi connectivity index (χ1n) is 11.3. The summed E-state index contributed by atoms with van der Waals surface area (Å²) < 4.78 is 5.15. The first-order valence-corrected chi connectivity index (χ1v) is 12.9. The molecule has 0 atom stereocenters. The van der Waals surface area contributed by atoms with E-state index in [0.29, 0.717) is 28.1 Å². The van der Waals surface area contributed by atoms with Gasteiger partial charge in [-0.15, -0.1) is 11.3 Å². The van der Waals surface area contributed by atoms with Crippen LogP contribution >= 0.6 is 35.2 Å². The van der Waals surface area contributed by atoms with E-state index in [1.807, 2.05) is 31.6 Å². The van der Waals surface area contributed by atoms with Gasteiger partial charge in [-0.2, -0.15) is 0 Å². The number of carbonyl (C=O) groups is 1. The quantitative estimate of drug-likeness (QED) is 0.397. The standard InChI is InChI=1S/C25H28ClN5O2S2/c1-30(2)19-7-4-17(5-8-19)28-25(34)31-12-10-16(11-13-31)24-29-21(15-35-24)23(32)27-18-6-9-22(33-3)20(26)14-18/h4-9,14-16H,10-13H2,1-3H3,(H,27,32)(H,28,34). The van der Waals surface area contributed by atoms with Gasteiger partial charge in [0.2, 0.25) is 0 Å². The minimum Gasteiger partial charge on any atom is -0.495 e. The lowest BCUT2D eigenvalue weighted by Crippen LogP contribution is -2.40. The average Bonchev–Trinajstić information content (AvgIpc) is 3.35. The van der Waals surface area contributed by atoms with Crippen LogP contribution in [-0.4, -0.2) is 55.2 Å². The van der Waals surface area contributed by atoms with Gasteiger partial charge in [-0.3, -0.25) is 4.79 Å². The molecule has 7 nitrogen and oxygen atoms in total. The summed E-state index contributed by atoms with van der Waals surface area (Å²) in [7, 11) is 5.59. The summed E-state index contributed by atoms with van der Waals surface area (Å²) >= 11 is 13.3. The van der Waals surface area contributed by atoms with Crippen molar-refractivity contribution in [1.82, 2.24) is 9.88 Å². The lowest BCUT2D eigenvalue weighted by Gasteiger charge is -2.33. The van der Waals surface area contributed by atoms with Crippen molar-refractivity contribution < 1.29 is 9.53 Å². The molecular weight excluding hydrogens is 502 g/mol. The van der Waals surface area contributed by atoms with Gasteiger partial charge in [-0.05, 0) is 67.5 Å². The van der Waals surface area contributed by atoms with Crippen molar-refractivity contribution in [1.29, 1.82) is 0 Å². The van der Waals surface area contributed by atoms with Crippen LogP contribution in [0.3, 0.4) is 0 Å². The van der Waals surface area contributed by atoms with Crippen LogP contribution < -0.4 is 20.3 Å². The van der Waals surface area contributed by atoms with Crippen LogP contribution in [0.25, 0.3) is 0 Å². The summed E-state index contributed by atoms with van der Waals surface area (Å²) in [4.78, 5) is 21.6. The second-order valence-electron chi connectivity index (χ2n) is 8.51. The van der Waals surface area contributed by atoms with Crippen LogP contribution in [0, 0.1) is 0 Å². The molecule has 35 heavy (non-hydrogen) atoms. The van der Waals surface area contributed by atoms with E-state index in [2.05, 4.69) is 37.6 Å². The zero-order valence-electron chi connectivity index (χ0n) is 19.9. The van der Waals surface area contributed by atoms with Crippen molar-refractivity contribution in [3.8, 4) is 5.75 Å². The molecule has 1 aliphatic rings. The summed E-state index contributed by atoms with van der Waals surface area (Å²) in [5.41, 5.74) is 3.14. The highest BCUT2D eigenvalue weighted by Crippen LogP contribution is 2.31. The number of benzene rings is 2. The highest BCUT2D eigenvalue weighted by Gasteiger charge is 2.25. The van der Waals surface area contributed by atoms with Crippen molar-refractivity contribution in [2.24, 2.45) is 0 Å². The number of thiocarbonyl (C=S) groups is 1. The number of carbonyl (C=O) groups excluding carboxylic acids is 1. The third-order valence-electron chi connectivity index (χ3n) is 5.93. The van der Waals surface area contributed by atoms with Gasteiger partial charge in [0.1, 0.15) is 11.4 Å². The number of hydrogen-bond acceptors (Lipinski definition) is 6. The zero-order valence-corrected chi connectivity index (χ0v) is 22.3. The van der Waals surface area contributed by atoms with Crippen molar-refractivity contribution in [2.45, 2.75) is 18.8 Å². The van der Waals surface area contributed by atoms with Crippen LogP contribution in [0.5, 0.6) is 5.75 Å². The summed E-state index contributed by atoms with van der Waals surface area (Å²) in [5.74, 6) is 0.621. The maximum Gasteiger partial charge on any atom is 0.275 e. The molecular formula is C25H28ClN5O2S2. The van der Waals surface area contributed by atoms with E-state index < -0.39 is 0 Å². The molecule has 2 N–H and O–H groups in total. The summed E-state index contributed by atoms with van der Waals surface area (Å²) in [6.07, 6.45) is 1.87. The predicted octanol–water partition coefficient (Wildman–Crippen LogP) is 5.70. The number of halogens is 1. The molecule has 0 spiro atoms.